The van der Waals surface area contributed by atoms with Crippen molar-refractivity contribution in [1.29, 1.82) is 0 Å². The topological polar surface area (TPSA) is 111 Å². The van der Waals surface area contributed by atoms with E-state index in [-0.39, 0.29) is 6.54 Å². The zero-order chi connectivity index (χ0) is 21.3. The number of hydrogen-bond acceptors (Lipinski definition) is 5. The zero-order valence-electron chi connectivity index (χ0n) is 16.9. The summed E-state index contributed by atoms with van der Waals surface area (Å²) in [6.07, 6.45) is 9.24. The van der Waals surface area contributed by atoms with Crippen molar-refractivity contribution in [2.45, 2.75) is 32.1 Å². The highest BCUT2D eigenvalue weighted by Crippen LogP contribution is 2.42. The molecule has 0 bridgehead atoms. The van der Waals surface area contributed by atoms with Crippen molar-refractivity contribution < 1.29 is 13.2 Å². The molecule has 0 unspecified atom stereocenters. The molecule has 1 aliphatic rings. The van der Waals surface area contributed by atoms with Gasteiger partial charge in [-0.1, -0.05) is 6.92 Å². The predicted molar refractivity (Wildman–Crippen MR) is 114 cm³/mol. The van der Waals surface area contributed by atoms with Crippen LogP contribution in [-0.4, -0.2) is 40.2 Å². The first-order chi connectivity index (χ1) is 14.4. The molecular formula is C20H24N6O3S. The van der Waals surface area contributed by atoms with Gasteiger partial charge < -0.3 is 0 Å². The molecule has 9 nitrogen and oxygen atoms in total. The van der Waals surface area contributed by atoms with Gasteiger partial charge in [-0.15, -0.1) is 0 Å². The second-order valence-corrected chi connectivity index (χ2v) is 8.82. The van der Waals surface area contributed by atoms with Crippen LogP contribution in [0.3, 0.4) is 0 Å². The quantitative estimate of drug-likeness (QED) is 0.533. The van der Waals surface area contributed by atoms with Crippen LogP contribution in [0.5, 0.6) is 0 Å². The molecule has 1 fully saturated rings. The lowest BCUT2D eigenvalue weighted by molar-refractivity contribution is -0.114. The van der Waals surface area contributed by atoms with Crippen LogP contribution in [0.15, 0.2) is 36.7 Å². The van der Waals surface area contributed by atoms with Gasteiger partial charge in [0.1, 0.15) is 11.5 Å². The molecule has 1 aliphatic carbocycles. The van der Waals surface area contributed by atoms with Gasteiger partial charge in [0.2, 0.25) is 0 Å². The van der Waals surface area contributed by atoms with Crippen molar-refractivity contribution >= 4 is 33.2 Å². The molecule has 0 aromatic carbocycles. The number of nitrogens with one attached hydrogen (secondary N) is 2. The lowest BCUT2D eigenvalue weighted by Crippen LogP contribution is -2.39. The van der Waals surface area contributed by atoms with Gasteiger partial charge in [-0.2, -0.15) is 18.2 Å². The molecule has 0 saturated heterocycles. The van der Waals surface area contributed by atoms with Crippen molar-refractivity contribution in [2.75, 3.05) is 6.54 Å². The van der Waals surface area contributed by atoms with Crippen LogP contribution in [0.1, 0.15) is 43.4 Å². The first kappa shape index (κ1) is 20.3. The van der Waals surface area contributed by atoms with Crippen molar-refractivity contribution in [1.82, 2.24) is 28.8 Å². The number of carbonyl (C=O) groups is 1. The summed E-state index contributed by atoms with van der Waals surface area (Å²) in [7, 11) is -2.02. The Kier molecular flexibility index (Phi) is 5.44. The molecule has 1 saturated carbocycles. The molecule has 0 atom stereocenters. The number of nitrogens with zero attached hydrogens (tertiary/aromatic N) is 4. The van der Waals surface area contributed by atoms with Crippen LogP contribution in [-0.2, 0) is 22.1 Å². The SMILES string of the molecule is CCCNS(=O)(=O)NC(=O)C=Cc1c(C2CC2)nn(C)c1-n1ccc2cccnc21. The van der Waals surface area contributed by atoms with Crippen LogP contribution in [0.2, 0.25) is 0 Å². The maximum absolute atomic E-state index is 12.2. The number of hydrogen-bond donors (Lipinski definition) is 2. The molecule has 10 heteroatoms. The highest BCUT2D eigenvalue weighted by molar-refractivity contribution is 7.88. The van der Waals surface area contributed by atoms with Crippen LogP contribution in [0, 0.1) is 0 Å². The fourth-order valence-corrected chi connectivity index (χ4v) is 4.27. The highest BCUT2D eigenvalue weighted by Gasteiger charge is 2.31. The summed E-state index contributed by atoms with van der Waals surface area (Å²) in [4.78, 5) is 16.7. The average molecular weight is 429 g/mol. The summed E-state index contributed by atoms with van der Waals surface area (Å²) in [5, 5.41) is 5.68. The minimum Gasteiger partial charge on any atom is -0.285 e. The Bertz CT molecular complexity index is 1220. The Morgan fingerprint density at radius 3 is 2.87 bits per heavy atom. The number of aryl methyl sites for hydroxylation is 1. The number of aromatic nitrogens is 4. The third-order valence-electron chi connectivity index (χ3n) is 4.90. The highest BCUT2D eigenvalue weighted by atomic mass is 32.2. The minimum absolute atomic E-state index is 0.263. The Balaban J connectivity index is 1.69. The third kappa shape index (κ3) is 4.14. The first-order valence-corrected chi connectivity index (χ1v) is 11.4. The lowest BCUT2D eigenvalue weighted by atomic mass is 10.1. The number of fused-ring (bicyclic) bond motifs is 1. The van der Waals surface area contributed by atoms with Gasteiger partial charge >= 0.3 is 10.2 Å². The van der Waals surface area contributed by atoms with E-state index in [1.807, 2.05) is 47.7 Å². The summed E-state index contributed by atoms with van der Waals surface area (Å²) >= 11 is 0. The summed E-state index contributed by atoms with van der Waals surface area (Å²) in [5.74, 6) is 0.407. The van der Waals surface area contributed by atoms with Crippen LogP contribution in [0.4, 0.5) is 0 Å². The maximum atomic E-state index is 12.2. The second kappa shape index (κ2) is 8.04. The molecule has 0 spiro atoms. The molecule has 3 aromatic rings. The van der Waals surface area contributed by atoms with E-state index in [0.717, 1.165) is 41.0 Å². The molecule has 2 N–H and O–H groups in total. The van der Waals surface area contributed by atoms with E-state index in [2.05, 4.69) is 14.8 Å². The number of carbonyl (C=O) groups excluding carboxylic acids is 1. The van der Waals surface area contributed by atoms with E-state index >= 15 is 0 Å². The van der Waals surface area contributed by atoms with Crippen LogP contribution >= 0.6 is 0 Å². The first-order valence-electron chi connectivity index (χ1n) is 9.88. The third-order valence-corrected chi connectivity index (χ3v) is 5.95. The number of rotatable bonds is 8. The van der Waals surface area contributed by atoms with Crippen molar-refractivity contribution in [3.05, 3.63) is 47.9 Å². The average Bonchev–Trinajstić information content (AvgIpc) is 3.39. The summed E-state index contributed by atoms with van der Waals surface area (Å²) in [5.41, 5.74) is 2.48. The molecule has 1 amide bonds. The van der Waals surface area contributed by atoms with E-state index in [4.69, 9.17) is 0 Å². The summed E-state index contributed by atoms with van der Waals surface area (Å²) in [6.45, 7) is 2.10. The Morgan fingerprint density at radius 2 is 2.13 bits per heavy atom. The fraction of sp³-hybridized carbons (Fsp3) is 0.350. The smallest absolute Gasteiger partial charge is 0.285 e. The van der Waals surface area contributed by atoms with Gasteiger partial charge in [0.15, 0.2) is 0 Å². The standard InChI is InChI=1S/C20H24N6O3S/c1-3-11-22-30(28,29)24-17(27)9-8-16-18(14-6-7-14)23-25(2)20(16)26-13-10-15-5-4-12-21-19(15)26/h4-5,8-10,12-14,22H,3,6-7,11H2,1-2H3,(H,24,27). The van der Waals surface area contributed by atoms with Crippen LogP contribution in [0.25, 0.3) is 22.9 Å². The van der Waals surface area contributed by atoms with Gasteiger partial charge in [-0.3, -0.25) is 14.0 Å². The van der Waals surface area contributed by atoms with Gasteiger partial charge in [-0.25, -0.2) is 9.71 Å². The number of pyridine rings is 1. The van der Waals surface area contributed by atoms with E-state index in [0.29, 0.717) is 12.3 Å². The molecule has 0 aliphatic heterocycles. The fourth-order valence-electron chi connectivity index (χ4n) is 3.39. The molecular weight excluding hydrogens is 404 g/mol. The Morgan fingerprint density at radius 1 is 1.33 bits per heavy atom. The normalized spacial score (nSPS) is 14.6. The van der Waals surface area contributed by atoms with Crippen molar-refractivity contribution in [3.63, 3.8) is 0 Å². The predicted octanol–water partition coefficient (Wildman–Crippen LogP) is 2.01. The van der Waals surface area contributed by atoms with E-state index in [1.165, 1.54) is 6.08 Å². The second-order valence-electron chi connectivity index (χ2n) is 7.32. The van der Waals surface area contributed by atoms with E-state index in [1.54, 1.807) is 17.0 Å². The van der Waals surface area contributed by atoms with Gasteiger partial charge in [0.05, 0.1) is 5.69 Å². The Hall–Kier alpha value is -2.98. The molecule has 4 rings (SSSR count). The van der Waals surface area contributed by atoms with Gasteiger partial charge in [-0.05, 0) is 43.5 Å². The van der Waals surface area contributed by atoms with Crippen molar-refractivity contribution in [2.24, 2.45) is 7.05 Å². The largest absolute Gasteiger partial charge is 0.301 e. The molecule has 3 heterocycles. The minimum atomic E-state index is -3.88. The molecule has 3 aromatic heterocycles. The maximum Gasteiger partial charge on any atom is 0.301 e. The van der Waals surface area contributed by atoms with Gasteiger partial charge in [0, 0.05) is 48.9 Å². The monoisotopic (exact) mass is 428 g/mol. The zero-order valence-corrected chi connectivity index (χ0v) is 17.7. The van der Waals surface area contributed by atoms with Crippen LogP contribution < -0.4 is 9.44 Å². The molecule has 30 heavy (non-hydrogen) atoms. The summed E-state index contributed by atoms with van der Waals surface area (Å²) in [6, 6.07) is 5.83. The Labute approximate surface area is 175 Å². The van der Waals surface area contributed by atoms with Gasteiger partial charge in [0.25, 0.3) is 5.91 Å². The van der Waals surface area contributed by atoms with Crippen molar-refractivity contribution in [3.8, 4) is 5.82 Å². The lowest BCUT2D eigenvalue weighted by Gasteiger charge is -2.08. The summed E-state index contributed by atoms with van der Waals surface area (Å²) < 4.78 is 31.8. The van der Waals surface area contributed by atoms with E-state index in [9.17, 15) is 13.2 Å². The molecule has 158 valence electrons. The molecule has 0 radical (unpaired) electrons. The number of amides is 1. The van der Waals surface area contributed by atoms with E-state index < -0.39 is 16.1 Å².